The molecule has 0 spiro atoms. The molecular weight excluding hydrogens is 226 g/mol. The molecule has 2 rings (SSSR count). The van der Waals surface area contributed by atoms with Crippen molar-refractivity contribution in [2.75, 3.05) is 24.5 Å². The molecule has 1 saturated heterocycles. The first-order valence-electron chi connectivity index (χ1n) is 6.17. The van der Waals surface area contributed by atoms with Crippen LogP contribution in [-0.2, 0) is 0 Å². The number of nitrogens with zero attached hydrogens (tertiary/aromatic N) is 2. The monoisotopic (exact) mass is 245 g/mol. The van der Waals surface area contributed by atoms with Gasteiger partial charge in [0, 0.05) is 42.8 Å². The third-order valence-electron chi connectivity index (χ3n) is 3.06. The summed E-state index contributed by atoms with van der Waals surface area (Å²) in [6.07, 6.45) is 5.80. The summed E-state index contributed by atoms with van der Waals surface area (Å²) in [4.78, 5) is 6.69. The Morgan fingerprint density at radius 2 is 2.11 bits per heavy atom. The number of pyridine rings is 1. The summed E-state index contributed by atoms with van der Waals surface area (Å²) in [5.41, 5.74) is 12.9. The maximum absolute atomic E-state index is 7.49. The predicted molar refractivity (Wildman–Crippen MR) is 74.6 cm³/mol. The SMILES string of the molecule is N=C(/C=C(\N)c1ccc(N2CCCC2)nc1)CN. The normalized spacial score (nSPS) is 16.1. The van der Waals surface area contributed by atoms with Gasteiger partial charge in [-0.15, -0.1) is 0 Å². The molecule has 5 nitrogen and oxygen atoms in total. The summed E-state index contributed by atoms with van der Waals surface area (Å²) >= 11 is 0. The molecule has 1 aromatic rings. The molecular formula is C13H19N5. The van der Waals surface area contributed by atoms with Gasteiger partial charge in [0.25, 0.3) is 0 Å². The molecule has 1 aromatic heterocycles. The minimum absolute atomic E-state index is 0.194. The lowest BCUT2D eigenvalue weighted by molar-refractivity contribution is 0.937. The van der Waals surface area contributed by atoms with Gasteiger partial charge in [0.05, 0.1) is 0 Å². The highest BCUT2D eigenvalue weighted by atomic mass is 15.2. The molecule has 0 radical (unpaired) electrons. The van der Waals surface area contributed by atoms with Crippen molar-refractivity contribution in [2.45, 2.75) is 12.8 Å². The van der Waals surface area contributed by atoms with Gasteiger partial charge in [-0.2, -0.15) is 0 Å². The van der Waals surface area contributed by atoms with Gasteiger partial charge in [0.2, 0.25) is 0 Å². The number of rotatable bonds is 4. The molecule has 0 atom stereocenters. The first-order chi connectivity index (χ1) is 8.70. The van der Waals surface area contributed by atoms with Crippen LogP contribution in [0.4, 0.5) is 5.82 Å². The number of nitrogens with one attached hydrogen (secondary N) is 1. The van der Waals surface area contributed by atoms with Crippen LogP contribution in [0.15, 0.2) is 24.4 Å². The third kappa shape index (κ3) is 2.87. The van der Waals surface area contributed by atoms with Crippen molar-refractivity contribution in [1.82, 2.24) is 4.98 Å². The smallest absolute Gasteiger partial charge is 0.128 e. The van der Waals surface area contributed by atoms with E-state index in [1.165, 1.54) is 12.8 Å². The summed E-state index contributed by atoms with van der Waals surface area (Å²) in [7, 11) is 0. The van der Waals surface area contributed by atoms with Crippen LogP contribution in [-0.4, -0.2) is 30.3 Å². The van der Waals surface area contributed by atoms with Gasteiger partial charge in [-0.3, -0.25) is 0 Å². The molecule has 0 bridgehead atoms. The molecule has 0 aliphatic carbocycles. The Balaban J connectivity index is 2.11. The molecule has 0 saturated carbocycles. The van der Waals surface area contributed by atoms with Crippen LogP contribution < -0.4 is 16.4 Å². The van der Waals surface area contributed by atoms with E-state index in [1.54, 1.807) is 12.3 Å². The number of anilines is 1. The fourth-order valence-corrected chi connectivity index (χ4v) is 2.02. The lowest BCUT2D eigenvalue weighted by atomic mass is 10.2. The van der Waals surface area contributed by atoms with Gasteiger partial charge >= 0.3 is 0 Å². The Hall–Kier alpha value is -1.88. The summed E-state index contributed by atoms with van der Waals surface area (Å²) in [6, 6.07) is 3.92. The van der Waals surface area contributed by atoms with E-state index in [1.807, 2.05) is 12.1 Å². The summed E-state index contributed by atoms with van der Waals surface area (Å²) in [6.45, 7) is 2.35. The molecule has 5 heteroatoms. The highest BCUT2D eigenvalue weighted by Gasteiger charge is 2.13. The molecule has 2 heterocycles. The minimum atomic E-state index is 0.194. The second kappa shape index (κ2) is 5.64. The second-order valence-electron chi connectivity index (χ2n) is 4.43. The maximum Gasteiger partial charge on any atom is 0.128 e. The molecule has 1 fully saturated rings. The van der Waals surface area contributed by atoms with Crippen molar-refractivity contribution in [3.05, 3.63) is 30.0 Å². The minimum Gasteiger partial charge on any atom is -0.398 e. The van der Waals surface area contributed by atoms with E-state index in [4.69, 9.17) is 16.9 Å². The molecule has 0 unspecified atom stereocenters. The first kappa shape index (κ1) is 12.6. The van der Waals surface area contributed by atoms with Gasteiger partial charge in [-0.1, -0.05) is 0 Å². The molecule has 0 aromatic carbocycles. The van der Waals surface area contributed by atoms with Crippen molar-refractivity contribution in [1.29, 1.82) is 5.41 Å². The zero-order chi connectivity index (χ0) is 13.0. The molecule has 5 N–H and O–H groups in total. The Morgan fingerprint density at radius 3 is 2.67 bits per heavy atom. The topological polar surface area (TPSA) is 92.0 Å². The number of hydrogen-bond acceptors (Lipinski definition) is 5. The quantitative estimate of drug-likeness (QED) is 0.689. The summed E-state index contributed by atoms with van der Waals surface area (Å²) < 4.78 is 0. The molecule has 18 heavy (non-hydrogen) atoms. The Kier molecular flexibility index (Phi) is 3.94. The van der Waals surface area contributed by atoms with Crippen LogP contribution in [0, 0.1) is 5.41 Å². The van der Waals surface area contributed by atoms with Crippen LogP contribution in [0.25, 0.3) is 5.70 Å². The molecule has 1 aliphatic rings. The van der Waals surface area contributed by atoms with Gasteiger partial charge in [0.15, 0.2) is 0 Å². The molecule has 1 aliphatic heterocycles. The fourth-order valence-electron chi connectivity index (χ4n) is 2.02. The van der Waals surface area contributed by atoms with Crippen molar-refractivity contribution in [3.63, 3.8) is 0 Å². The van der Waals surface area contributed by atoms with Crippen molar-refractivity contribution < 1.29 is 0 Å². The molecule has 96 valence electrons. The summed E-state index contributed by atoms with van der Waals surface area (Å²) in [5, 5.41) is 7.49. The average Bonchev–Trinajstić information content (AvgIpc) is 2.92. The number of nitrogens with two attached hydrogens (primary N) is 2. The van der Waals surface area contributed by atoms with Gasteiger partial charge in [-0.25, -0.2) is 4.98 Å². The van der Waals surface area contributed by atoms with Crippen LogP contribution in [0.2, 0.25) is 0 Å². The highest BCUT2D eigenvalue weighted by molar-refractivity contribution is 5.99. The average molecular weight is 245 g/mol. The second-order valence-corrected chi connectivity index (χ2v) is 4.43. The highest BCUT2D eigenvalue weighted by Crippen LogP contribution is 2.18. The maximum atomic E-state index is 7.49. The third-order valence-corrected chi connectivity index (χ3v) is 3.06. The predicted octanol–water partition coefficient (Wildman–Crippen LogP) is 0.960. The van der Waals surface area contributed by atoms with Crippen molar-refractivity contribution >= 4 is 17.2 Å². The van der Waals surface area contributed by atoms with E-state index in [-0.39, 0.29) is 6.54 Å². The van der Waals surface area contributed by atoms with Gasteiger partial charge < -0.3 is 21.8 Å². The van der Waals surface area contributed by atoms with Crippen molar-refractivity contribution in [3.8, 4) is 0 Å². The van der Waals surface area contributed by atoms with Crippen molar-refractivity contribution in [2.24, 2.45) is 11.5 Å². The van der Waals surface area contributed by atoms with Crippen LogP contribution >= 0.6 is 0 Å². The Bertz CT molecular complexity index is 443. The lowest BCUT2D eigenvalue weighted by Crippen LogP contribution is -2.18. The number of aromatic nitrogens is 1. The summed E-state index contributed by atoms with van der Waals surface area (Å²) in [5.74, 6) is 0.998. The Labute approximate surface area is 107 Å². The van der Waals surface area contributed by atoms with E-state index in [9.17, 15) is 0 Å². The van der Waals surface area contributed by atoms with E-state index in [2.05, 4.69) is 9.88 Å². The van der Waals surface area contributed by atoms with Crippen LogP contribution in [0.1, 0.15) is 18.4 Å². The molecule has 0 amide bonds. The largest absolute Gasteiger partial charge is 0.398 e. The van der Waals surface area contributed by atoms with E-state index >= 15 is 0 Å². The van der Waals surface area contributed by atoms with Gasteiger partial charge in [-0.05, 0) is 31.1 Å². The zero-order valence-electron chi connectivity index (χ0n) is 10.4. The first-order valence-corrected chi connectivity index (χ1v) is 6.17. The van der Waals surface area contributed by atoms with Crippen LogP contribution in [0.5, 0.6) is 0 Å². The lowest BCUT2D eigenvalue weighted by Gasteiger charge is -2.16. The standard InChI is InChI=1S/C13H19N5/c14-8-11(15)7-12(16)10-3-4-13(17-9-10)18-5-1-2-6-18/h3-4,7,9,15H,1-2,5-6,8,14,16H2/b12-7-,15-11?. The zero-order valence-corrected chi connectivity index (χ0v) is 10.4. The van der Waals surface area contributed by atoms with Gasteiger partial charge in [0.1, 0.15) is 5.82 Å². The fraction of sp³-hybridized carbons (Fsp3) is 0.385. The Morgan fingerprint density at radius 1 is 1.39 bits per heavy atom. The van der Waals surface area contributed by atoms with Crippen LogP contribution in [0.3, 0.4) is 0 Å². The van der Waals surface area contributed by atoms with E-state index < -0.39 is 0 Å². The van der Waals surface area contributed by atoms with E-state index in [0.717, 1.165) is 24.5 Å². The number of hydrogen-bond donors (Lipinski definition) is 3. The van der Waals surface area contributed by atoms with E-state index in [0.29, 0.717) is 11.4 Å².